The molecule has 1 aromatic carbocycles. The first kappa shape index (κ1) is 12.4. The van der Waals surface area contributed by atoms with Crippen LogP contribution in [-0.4, -0.2) is 22.8 Å². The van der Waals surface area contributed by atoms with E-state index in [1.54, 1.807) is 12.1 Å². The average Bonchev–Trinajstić information content (AvgIpc) is 2.70. The number of aromatic nitrogens is 1. The maximum atomic E-state index is 11.7. The zero-order chi connectivity index (χ0) is 13.1. The van der Waals surface area contributed by atoms with Gasteiger partial charge >= 0.3 is 0 Å². The maximum absolute atomic E-state index is 11.7. The first-order valence-electron chi connectivity index (χ1n) is 5.93. The van der Waals surface area contributed by atoms with Crippen LogP contribution in [0.3, 0.4) is 0 Å². The molecule has 0 radical (unpaired) electrons. The molecule has 0 bridgehead atoms. The molecule has 0 aliphatic heterocycles. The number of amides is 1. The topological polar surface area (TPSA) is 51.1 Å². The van der Waals surface area contributed by atoms with E-state index in [-0.39, 0.29) is 18.5 Å². The molecular formula is C14H16N2O2. The number of hydrogen-bond acceptors (Lipinski definition) is 2. The molecule has 1 amide bonds. The maximum Gasteiger partial charge on any atom is 0.240 e. The number of fused-ring (bicyclic) bond motifs is 1. The highest BCUT2D eigenvalue weighted by atomic mass is 16.2. The number of carbonyl (C=O) groups excluding carboxylic acids is 2. The fraction of sp³-hybridized carbons (Fsp3) is 0.286. The van der Waals surface area contributed by atoms with Crippen LogP contribution >= 0.6 is 0 Å². The molecular weight excluding hydrogens is 228 g/mol. The van der Waals surface area contributed by atoms with Crippen LogP contribution in [0.2, 0.25) is 0 Å². The molecule has 4 nitrogen and oxygen atoms in total. The predicted octanol–water partition coefficient (Wildman–Crippen LogP) is 1.98. The van der Waals surface area contributed by atoms with E-state index in [4.69, 9.17) is 0 Å². The van der Waals surface area contributed by atoms with Crippen LogP contribution in [0, 0.1) is 0 Å². The zero-order valence-corrected chi connectivity index (χ0v) is 10.5. The molecule has 0 aliphatic rings. The molecule has 94 valence electrons. The van der Waals surface area contributed by atoms with Crippen LogP contribution < -0.4 is 5.32 Å². The molecule has 0 saturated heterocycles. The number of carbonyl (C=O) groups is 2. The van der Waals surface area contributed by atoms with Crippen molar-refractivity contribution >= 4 is 23.1 Å². The summed E-state index contributed by atoms with van der Waals surface area (Å²) in [6.45, 7) is 4.12. The molecule has 0 aliphatic carbocycles. The van der Waals surface area contributed by atoms with Gasteiger partial charge in [0.05, 0.1) is 0 Å². The van der Waals surface area contributed by atoms with Gasteiger partial charge in [0.2, 0.25) is 5.91 Å². The van der Waals surface area contributed by atoms with Crippen LogP contribution in [0.4, 0.5) is 0 Å². The minimum Gasteiger partial charge on any atom is -0.352 e. The van der Waals surface area contributed by atoms with Crippen molar-refractivity contribution in [2.45, 2.75) is 26.4 Å². The molecule has 1 N–H and O–H groups in total. The Morgan fingerprint density at radius 1 is 1.39 bits per heavy atom. The second kappa shape index (κ2) is 5.04. The van der Waals surface area contributed by atoms with Crippen molar-refractivity contribution in [1.82, 2.24) is 9.88 Å². The minimum absolute atomic E-state index is 0.0287. The van der Waals surface area contributed by atoms with E-state index in [1.807, 2.05) is 36.7 Å². The monoisotopic (exact) mass is 244 g/mol. The minimum atomic E-state index is -0.0287. The van der Waals surface area contributed by atoms with Crippen LogP contribution in [0.5, 0.6) is 0 Å². The van der Waals surface area contributed by atoms with Crippen LogP contribution in [0.1, 0.15) is 24.2 Å². The van der Waals surface area contributed by atoms with Crippen molar-refractivity contribution < 1.29 is 9.59 Å². The van der Waals surface area contributed by atoms with Gasteiger partial charge in [-0.05, 0) is 31.4 Å². The van der Waals surface area contributed by atoms with Gasteiger partial charge in [0.25, 0.3) is 0 Å². The van der Waals surface area contributed by atoms with E-state index in [0.29, 0.717) is 5.56 Å². The third-order valence-electron chi connectivity index (χ3n) is 2.70. The second-order valence-electron chi connectivity index (χ2n) is 4.60. The van der Waals surface area contributed by atoms with E-state index < -0.39 is 0 Å². The summed E-state index contributed by atoms with van der Waals surface area (Å²) in [6.07, 6.45) is 2.67. The van der Waals surface area contributed by atoms with E-state index in [9.17, 15) is 9.59 Å². The molecule has 1 aromatic heterocycles. The first-order chi connectivity index (χ1) is 8.60. The van der Waals surface area contributed by atoms with Gasteiger partial charge in [-0.15, -0.1) is 0 Å². The smallest absolute Gasteiger partial charge is 0.240 e. The summed E-state index contributed by atoms with van der Waals surface area (Å²) < 4.78 is 1.85. The summed E-state index contributed by atoms with van der Waals surface area (Å²) >= 11 is 0. The van der Waals surface area contributed by atoms with Crippen molar-refractivity contribution in [3.05, 3.63) is 36.0 Å². The van der Waals surface area contributed by atoms with E-state index >= 15 is 0 Å². The Morgan fingerprint density at radius 2 is 2.17 bits per heavy atom. The molecule has 2 aromatic rings. The lowest BCUT2D eigenvalue weighted by atomic mass is 10.2. The summed E-state index contributed by atoms with van der Waals surface area (Å²) in [5, 5.41) is 3.87. The van der Waals surface area contributed by atoms with Crippen LogP contribution in [-0.2, 0) is 11.3 Å². The normalized spacial score (nSPS) is 10.8. The highest BCUT2D eigenvalue weighted by Gasteiger charge is 2.07. The highest BCUT2D eigenvalue weighted by molar-refractivity contribution is 5.88. The molecule has 0 spiro atoms. The molecule has 18 heavy (non-hydrogen) atoms. The Balaban J connectivity index is 2.28. The third-order valence-corrected chi connectivity index (χ3v) is 2.70. The van der Waals surface area contributed by atoms with Gasteiger partial charge in [-0.25, -0.2) is 0 Å². The van der Waals surface area contributed by atoms with Gasteiger partial charge in [-0.3, -0.25) is 9.59 Å². The number of benzene rings is 1. The predicted molar refractivity (Wildman–Crippen MR) is 70.6 cm³/mol. The Hall–Kier alpha value is -2.10. The number of nitrogens with zero attached hydrogens (tertiary/aromatic N) is 1. The third kappa shape index (κ3) is 2.59. The van der Waals surface area contributed by atoms with Crippen LogP contribution in [0.15, 0.2) is 30.5 Å². The van der Waals surface area contributed by atoms with E-state index in [2.05, 4.69) is 5.32 Å². The fourth-order valence-electron chi connectivity index (χ4n) is 1.93. The molecule has 0 unspecified atom stereocenters. The van der Waals surface area contributed by atoms with Crippen molar-refractivity contribution in [2.24, 2.45) is 0 Å². The summed E-state index contributed by atoms with van der Waals surface area (Å²) in [4.78, 5) is 22.5. The second-order valence-corrected chi connectivity index (χ2v) is 4.60. The quantitative estimate of drug-likeness (QED) is 0.836. The zero-order valence-electron chi connectivity index (χ0n) is 10.5. The molecule has 4 heteroatoms. The Kier molecular flexibility index (Phi) is 3.46. The Bertz CT molecular complexity index is 584. The van der Waals surface area contributed by atoms with Gasteiger partial charge < -0.3 is 9.88 Å². The number of nitrogens with one attached hydrogen (secondary N) is 1. The molecule has 0 fully saturated rings. The first-order valence-corrected chi connectivity index (χ1v) is 5.93. The summed E-state index contributed by atoms with van der Waals surface area (Å²) in [5.41, 5.74) is 1.52. The van der Waals surface area contributed by atoms with Crippen molar-refractivity contribution in [3.63, 3.8) is 0 Å². The van der Waals surface area contributed by atoms with Crippen molar-refractivity contribution in [2.75, 3.05) is 0 Å². The van der Waals surface area contributed by atoms with Crippen molar-refractivity contribution in [3.8, 4) is 0 Å². The van der Waals surface area contributed by atoms with Gasteiger partial charge in [-0.1, -0.05) is 12.1 Å². The molecule has 0 atom stereocenters. The lowest BCUT2D eigenvalue weighted by Gasteiger charge is -2.09. The Labute approximate surface area is 106 Å². The number of hydrogen-bond donors (Lipinski definition) is 1. The van der Waals surface area contributed by atoms with Crippen LogP contribution in [0.25, 0.3) is 10.9 Å². The summed E-state index contributed by atoms with van der Waals surface area (Å²) in [7, 11) is 0. The SMILES string of the molecule is CC(C)NC(=O)Cn1ccc2ccc(C=O)cc21. The van der Waals surface area contributed by atoms with Crippen molar-refractivity contribution in [1.29, 1.82) is 0 Å². The lowest BCUT2D eigenvalue weighted by Crippen LogP contribution is -2.32. The lowest BCUT2D eigenvalue weighted by molar-refractivity contribution is -0.122. The standard InChI is InChI=1S/C14H16N2O2/c1-10(2)15-14(18)8-16-6-5-12-4-3-11(9-17)7-13(12)16/h3-7,9-10H,8H2,1-2H3,(H,15,18). The number of aldehydes is 1. The summed E-state index contributed by atoms with van der Waals surface area (Å²) in [5.74, 6) is -0.0287. The molecule has 2 rings (SSSR count). The molecule has 0 saturated carbocycles. The van der Waals surface area contributed by atoms with Gasteiger partial charge in [-0.2, -0.15) is 0 Å². The Morgan fingerprint density at radius 3 is 2.83 bits per heavy atom. The van der Waals surface area contributed by atoms with E-state index in [1.165, 1.54) is 0 Å². The molecule has 1 heterocycles. The fourth-order valence-corrected chi connectivity index (χ4v) is 1.93. The highest BCUT2D eigenvalue weighted by Crippen LogP contribution is 2.16. The van der Waals surface area contributed by atoms with E-state index in [0.717, 1.165) is 17.2 Å². The van der Waals surface area contributed by atoms with Gasteiger partial charge in [0.15, 0.2) is 0 Å². The average molecular weight is 244 g/mol. The largest absolute Gasteiger partial charge is 0.352 e. The van der Waals surface area contributed by atoms with Gasteiger partial charge in [0, 0.05) is 23.3 Å². The summed E-state index contributed by atoms with van der Waals surface area (Å²) in [6, 6.07) is 7.52. The van der Waals surface area contributed by atoms with Gasteiger partial charge in [0.1, 0.15) is 12.8 Å². The number of rotatable bonds is 4.